The van der Waals surface area contributed by atoms with Crippen molar-refractivity contribution in [3.8, 4) is 45.0 Å². The van der Waals surface area contributed by atoms with E-state index in [0.717, 1.165) is 92.7 Å². The van der Waals surface area contributed by atoms with Crippen LogP contribution >= 0.6 is 0 Å². The molecule has 8 nitrogen and oxygen atoms in total. The smallest absolute Gasteiger partial charge is 0.137 e. The molecule has 6 heterocycles. The summed E-state index contributed by atoms with van der Waals surface area (Å²) < 4.78 is 11.2. The van der Waals surface area contributed by atoms with E-state index in [-0.39, 0.29) is 47.6 Å². The van der Waals surface area contributed by atoms with Gasteiger partial charge >= 0.3 is 0 Å². The topological polar surface area (TPSA) is 118 Å². The molecule has 2 N–H and O–H groups in total. The maximum absolute atomic E-state index is 7.00. The standard InChI is InChI=1S/C15H13NO.C15H12NO.2C11H8N.2CH4O.CH4.2Ir/c2*1-10-3-5-12(6-4-10)15-13-9-11(2)17-14(13)7-8-16-15;2*1-2-6-10(7-3-1)11-8-4-5-9-12-11;2*1-2;;;/h3-9H,1-2H3;3-5,7-9H,1-2H3;2*1-6,8-9H;2*2H,1H3;1H4;;/q;3*-1;;;;;. The van der Waals surface area contributed by atoms with Gasteiger partial charge in [-0.15, -0.1) is 107 Å². The summed E-state index contributed by atoms with van der Waals surface area (Å²) in [4.78, 5) is 17.3. The molecule has 2 radical (unpaired) electrons. The average Bonchev–Trinajstić information content (AvgIpc) is 3.93. The van der Waals surface area contributed by atoms with E-state index in [9.17, 15) is 0 Å². The van der Waals surface area contributed by atoms with Gasteiger partial charge in [0.2, 0.25) is 0 Å². The van der Waals surface area contributed by atoms with Gasteiger partial charge in [-0.1, -0.05) is 68.4 Å². The molecule has 0 aliphatic heterocycles. The first-order valence-electron chi connectivity index (χ1n) is 19.8. The van der Waals surface area contributed by atoms with Crippen LogP contribution in [0.3, 0.4) is 0 Å². The molecular weight excluding hydrogens is 1170 g/mol. The molecule has 10 heteroatoms. The van der Waals surface area contributed by atoms with Gasteiger partial charge in [0.25, 0.3) is 0 Å². The predicted molar refractivity (Wildman–Crippen MR) is 257 cm³/mol. The monoisotopic (exact) mass is 1220 g/mol. The number of pyridine rings is 4. The molecule has 4 aromatic carbocycles. The Labute approximate surface area is 410 Å². The zero-order chi connectivity index (χ0) is 44.1. The van der Waals surface area contributed by atoms with Gasteiger partial charge in [-0.2, -0.15) is 0 Å². The van der Waals surface area contributed by atoms with Crippen LogP contribution in [0.1, 0.15) is 30.1 Å². The first-order chi connectivity index (χ1) is 30.4. The number of aliphatic hydroxyl groups excluding tert-OH is 2. The zero-order valence-electron chi connectivity index (χ0n) is 36.4. The van der Waals surface area contributed by atoms with Gasteiger partial charge in [-0.3, -0.25) is 4.98 Å². The number of aliphatic hydroxyl groups is 2. The Balaban J connectivity index is 0.000000289. The van der Waals surface area contributed by atoms with E-state index in [4.69, 9.17) is 19.0 Å². The molecule has 65 heavy (non-hydrogen) atoms. The Morgan fingerprint density at radius 2 is 0.892 bits per heavy atom. The number of nitrogens with zero attached hydrogens (tertiary/aromatic N) is 4. The minimum absolute atomic E-state index is 0. The van der Waals surface area contributed by atoms with E-state index in [1.807, 2.05) is 135 Å². The van der Waals surface area contributed by atoms with E-state index >= 15 is 0 Å². The number of furan rings is 2. The summed E-state index contributed by atoms with van der Waals surface area (Å²) in [5, 5.41) is 16.1. The molecule has 0 unspecified atom stereocenters. The third kappa shape index (κ3) is 16.1. The summed E-state index contributed by atoms with van der Waals surface area (Å²) in [6.45, 7) is 8.04. The molecule has 0 bridgehead atoms. The zero-order valence-corrected chi connectivity index (χ0v) is 41.2. The molecule has 6 aromatic heterocycles. The van der Waals surface area contributed by atoms with Crippen LogP contribution in [-0.2, 0) is 40.2 Å². The van der Waals surface area contributed by atoms with Crippen LogP contribution in [0, 0.1) is 45.9 Å². The Hall–Kier alpha value is -6.22. The van der Waals surface area contributed by atoms with Crippen LogP contribution < -0.4 is 0 Å². The van der Waals surface area contributed by atoms with Crippen molar-refractivity contribution in [2.24, 2.45) is 0 Å². The fourth-order valence-corrected chi connectivity index (χ4v) is 6.14. The molecule has 0 amide bonds. The first kappa shape index (κ1) is 54.9. The molecule has 0 atom stereocenters. The third-order valence-electron chi connectivity index (χ3n) is 8.99. The molecule has 0 saturated heterocycles. The van der Waals surface area contributed by atoms with E-state index in [2.05, 4.69) is 82.3 Å². The van der Waals surface area contributed by atoms with Gasteiger partial charge in [-0.25, -0.2) is 0 Å². The first-order valence-corrected chi connectivity index (χ1v) is 19.8. The summed E-state index contributed by atoms with van der Waals surface area (Å²) in [5.74, 6) is 1.82. The van der Waals surface area contributed by atoms with Gasteiger partial charge in [0.15, 0.2) is 0 Å². The number of fused-ring (bicyclic) bond motifs is 2. The molecule has 10 aromatic rings. The van der Waals surface area contributed by atoms with Crippen LogP contribution in [0.4, 0.5) is 0 Å². The predicted octanol–water partition coefficient (Wildman–Crippen LogP) is 13.0. The number of aromatic nitrogens is 4. The fourth-order valence-electron chi connectivity index (χ4n) is 6.14. The van der Waals surface area contributed by atoms with Crippen molar-refractivity contribution in [1.82, 2.24) is 19.9 Å². The van der Waals surface area contributed by atoms with Crippen molar-refractivity contribution in [3.63, 3.8) is 0 Å². The number of rotatable bonds is 4. The number of aryl methyl sites for hydroxylation is 4. The second kappa shape index (κ2) is 29.3. The average molecular weight is 1220 g/mol. The van der Waals surface area contributed by atoms with Crippen molar-refractivity contribution in [2.75, 3.05) is 14.2 Å². The Morgan fingerprint density at radius 3 is 1.32 bits per heavy atom. The number of benzene rings is 4. The van der Waals surface area contributed by atoms with Gasteiger partial charge in [0.1, 0.15) is 22.7 Å². The molecule has 0 fully saturated rings. The van der Waals surface area contributed by atoms with Gasteiger partial charge < -0.3 is 34.0 Å². The largest absolute Gasteiger partial charge is 0.462 e. The summed E-state index contributed by atoms with van der Waals surface area (Å²) >= 11 is 0. The third-order valence-corrected chi connectivity index (χ3v) is 8.99. The number of hydrogen-bond acceptors (Lipinski definition) is 8. The van der Waals surface area contributed by atoms with Crippen molar-refractivity contribution in [2.45, 2.75) is 35.1 Å². The maximum atomic E-state index is 7.00. The summed E-state index contributed by atoms with van der Waals surface area (Å²) in [6, 6.07) is 59.2. The SMILES string of the molecule is C.CO.CO.Cc1c[c-]c(-c2nccc3oc(C)cc23)cc1.Cc1ccc(-c2nccc3oc(C)cc23)cc1.[Ir].[Ir].[c-]1ccccc1-c1ccccn1.[c-]1ccccc1-c1ccccn1. The summed E-state index contributed by atoms with van der Waals surface area (Å²) in [5.41, 5.74) is 12.3. The summed E-state index contributed by atoms with van der Waals surface area (Å²) in [6.07, 6.45) is 7.14. The van der Waals surface area contributed by atoms with Crippen LogP contribution in [0.25, 0.3) is 67.0 Å². The fraction of sp³-hybridized carbons (Fsp3) is 0.127. The quantitative estimate of drug-likeness (QED) is 0.167. The normalized spacial score (nSPS) is 9.48. The molecule has 0 aliphatic rings. The van der Waals surface area contributed by atoms with E-state index in [0.29, 0.717) is 0 Å². The maximum Gasteiger partial charge on any atom is 0.137 e. The molecular formula is C55H53Ir2N4O4-3. The second-order valence-electron chi connectivity index (χ2n) is 13.5. The van der Waals surface area contributed by atoms with Crippen LogP contribution in [0.5, 0.6) is 0 Å². The molecule has 0 spiro atoms. The van der Waals surface area contributed by atoms with E-state index in [1.54, 1.807) is 24.8 Å². The Bertz CT molecular complexity index is 2530. The van der Waals surface area contributed by atoms with E-state index < -0.39 is 0 Å². The molecule has 10 rings (SSSR count). The van der Waals surface area contributed by atoms with Gasteiger partial charge in [0, 0.05) is 95.6 Å². The van der Waals surface area contributed by atoms with E-state index in [1.165, 1.54) is 11.1 Å². The molecule has 338 valence electrons. The van der Waals surface area contributed by atoms with Crippen molar-refractivity contribution in [3.05, 3.63) is 217 Å². The van der Waals surface area contributed by atoms with Crippen molar-refractivity contribution >= 4 is 21.9 Å². The van der Waals surface area contributed by atoms with Crippen LogP contribution in [0.15, 0.2) is 185 Å². The minimum atomic E-state index is 0. The second-order valence-corrected chi connectivity index (χ2v) is 13.5. The van der Waals surface area contributed by atoms with Gasteiger partial charge in [0.05, 0.1) is 5.69 Å². The van der Waals surface area contributed by atoms with Gasteiger partial charge in [-0.05, 0) is 74.3 Å². The Morgan fingerprint density at radius 1 is 0.431 bits per heavy atom. The van der Waals surface area contributed by atoms with Crippen molar-refractivity contribution in [1.29, 1.82) is 0 Å². The van der Waals surface area contributed by atoms with Crippen molar-refractivity contribution < 1.29 is 59.3 Å². The summed E-state index contributed by atoms with van der Waals surface area (Å²) in [7, 11) is 2.00. The van der Waals surface area contributed by atoms with Crippen LogP contribution in [0.2, 0.25) is 0 Å². The Kier molecular flexibility index (Phi) is 24.7. The molecule has 0 aliphatic carbocycles. The minimum Gasteiger partial charge on any atom is -0.462 e. The molecule has 0 saturated carbocycles. The van der Waals surface area contributed by atoms with Crippen LogP contribution in [-0.4, -0.2) is 44.4 Å². The number of hydrogen-bond donors (Lipinski definition) is 2.